The molecule has 1 aliphatic rings. The van der Waals surface area contributed by atoms with E-state index in [-0.39, 0.29) is 5.91 Å². The van der Waals surface area contributed by atoms with E-state index in [1.807, 2.05) is 4.90 Å². The van der Waals surface area contributed by atoms with E-state index in [1.165, 1.54) is 12.5 Å². The van der Waals surface area contributed by atoms with Gasteiger partial charge in [-0.15, -0.1) is 0 Å². The molecule has 0 N–H and O–H groups in total. The van der Waals surface area contributed by atoms with Gasteiger partial charge >= 0.3 is 0 Å². The maximum atomic E-state index is 11.3. The predicted molar refractivity (Wildman–Crippen MR) is 54.3 cm³/mol. The minimum absolute atomic E-state index is 0.0883. The Morgan fingerprint density at radius 1 is 1.62 bits per heavy atom. The lowest BCUT2D eigenvalue weighted by atomic mass is 9.88. The van der Waals surface area contributed by atoms with Crippen LogP contribution in [-0.4, -0.2) is 23.9 Å². The molecule has 2 nitrogen and oxygen atoms in total. The van der Waals surface area contributed by atoms with E-state index in [4.69, 9.17) is 0 Å². The summed E-state index contributed by atoms with van der Waals surface area (Å²) in [5.74, 6) is 1.45. The van der Waals surface area contributed by atoms with Crippen molar-refractivity contribution in [1.82, 2.24) is 4.90 Å². The van der Waals surface area contributed by atoms with Crippen molar-refractivity contribution in [3.63, 3.8) is 0 Å². The Balaban J connectivity index is 2.51. The molecule has 0 aromatic rings. The summed E-state index contributed by atoms with van der Waals surface area (Å²) in [6.45, 7) is 9.80. The van der Waals surface area contributed by atoms with Crippen LogP contribution in [0.5, 0.6) is 0 Å². The van der Waals surface area contributed by atoms with Gasteiger partial charge in [0.2, 0.25) is 5.91 Å². The minimum Gasteiger partial charge on any atom is -0.339 e. The summed E-state index contributed by atoms with van der Waals surface area (Å²) in [5, 5.41) is 0. The van der Waals surface area contributed by atoms with Crippen LogP contribution in [0.15, 0.2) is 12.7 Å². The smallest absolute Gasteiger partial charge is 0.245 e. The molecule has 0 unspecified atom stereocenters. The Labute approximate surface area is 80.6 Å². The van der Waals surface area contributed by atoms with Crippen molar-refractivity contribution < 1.29 is 4.79 Å². The topological polar surface area (TPSA) is 20.3 Å². The second-order valence-corrected chi connectivity index (χ2v) is 4.13. The minimum atomic E-state index is 0.0883. The van der Waals surface area contributed by atoms with Crippen molar-refractivity contribution in [3.05, 3.63) is 12.7 Å². The van der Waals surface area contributed by atoms with Gasteiger partial charge in [0.05, 0.1) is 0 Å². The van der Waals surface area contributed by atoms with Crippen LogP contribution >= 0.6 is 0 Å². The molecule has 0 radical (unpaired) electrons. The summed E-state index contributed by atoms with van der Waals surface area (Å²) in [6.07, 6.45) is 3.82. The van der Waals surface area contributed by atoms with Crippen molar-refractivity contribution >= 4 is 5.91 Å². The maximum absolute atomic E-state index is 11.3. The third-order valence-electron chi connectivity index (χ3n) is 2.89. The zero-order chi connectivity index (χ0) is 9.84. The largest absolute Gasteiger partial charge is 0.339 e. The zero-order valence-corrected chi connectivity index (χ0v) is 8.62. The Hall–Kier alpha value is -0.790. The summed E-state index contributed by atoms with van der Waals surface area (Å²) in [5.41, 5.74) is 0. The summed E-state index contributed by atoms with van der Waals surface area (Å²) in [7, 11) is 0. The van der Waals surface area contributed by atoms with Gasteiger partial charge in [-0.25, -0.2) is 0 Å². The van der Waals surface area contributed by atoms with Crippen LogP contribution in [0.4, 0.5) is 0 Å². The first kappa shape index (κ1) is 10.3. The van der Waals surface area contributed by atoms with E-state index in [9.17, 15) is 4.79 Å². The standard InChI is InChI=1S/C11H19NO/c1-4-11(13)12-7-5-6-10(8-12)9(2)3/h4,9-10H,1,5-8H2,2-3H3/t10-/m0/s1. The molecular weight excluding hydrogens is 162 g/mol. The van der Waals surface area contributed by atoms with Gasteiger partial charge in [0.25, 0.3) is 0 Å². The fraction of sp³-hybridized carbons (Fsp3) is 0.727. The van der Waals surface area contributed by atoms with Gasteiger partial charge in [-0.3, -0.25) is 4.79 Å². The number of nitrogens with zero attached hydrogens (tertiary/aromatic N) is 1. The van der Waals surface area contributed by atoms with E-state index in [0.717, 1.165) is 19.5 Å². The molecule has 74 valence electrons. The first-order valence-electron chi connectivity index (χ1n) is 5.06. The van der Waals surface area contributed by atoms with Crippen LogP contribution in [0.25, 0.3) is 0 Å². The normalized spacial score (nSPS) is 23.3. The Bertz CT molecular complexity index is 198. The average Bonchev–Trinajstić information content (AvgIpc) is 2.17. The molecule has 1 heterocycles. The molecule has 0 saturated carbocycles. The molecule has 1 amide bonds. The quantitative estimate of drug-likeness (QED) is 0.597. The van der Waals surface area contributed by atoms with Gasteiger partial charge in [0, 0.05) is 13.1 Å². The van der Waals surface area contributed by atoms with E-state index in [2.05, 4.69) is 20.4 Å². The predicted octanol–water partition coefficient (Wildman–Crippen LogP) is 2.07. The number of piperidine rings is 1. The van der Waals surface area contributed by atoms with E-state index >= 15 is 0 Å². The van der Waals surface area contributed by atoms with Crippen molar-refractivity contribution in [1.29, 1.82) is 0 Å². The summed E-state index contributed by atoms with van der Waals surface area (Å²) >= 11 is 0. The SMILES string of the molecule is C=CC(=O)N1CCC[C@H](C(C)C)C1. The molecule has 2 heteroatoms. The molecule has 1 fully saturated rings. The first-order valence-corrected chi connectivity index (χ1v) is 5.06. The van der Waals surface area contributed by atoms with Crippen LogP contribution in [0, 0.1) is 11.8 Å². The fourth-order valence-corrected chi connectivity index (χ4v) is 1.88. The number of carbonyl (C=O) groups excluding carboxylic acids is 1. The van der Waals surface area contributed by atoms with Crippen LogP contribution in [-0.2, 0) is 4.79 Å². The number of hydrogen-bond acceptors (Lipinski definition) is 1. The van der Waals surface area contributed by atoms with Crippen molar-refractivity contribution in [3.8, 4) is 0 Å². The van der Waals surface area contributed by atoms with Gasteiger partial charge in [-0.2, -0.15) is 0 Å². The third kappa shape index (κ3) is 2.58. The molecule has 1 saturated heterocycles. The fourth-order valence-electron chi connectivity index (χ4n) is 1.88. The summed E-state index contributed by atoms with van der Waals surface area (Å²) in [6, 6.07) is 0. The molecule has 0 aromatic carbocycles. The maximum Gasteiger partial charge on any atom is 0.245 e. The monoisotopic (exact) mass is 181 g/mol. The number of amides is 1. The van der Waals surface area contributed by atoms with Gasteiger partial charge in [-0.05, 0) is 30.8 Å². The highest BCUT2D eigenvalue weighted by Crippen LogP contribution is 2.23. The third-order valence-corrected chi connectivity index (χ3v) is 2.89. The Morgan fingerprint density at radius 3 is 2.85 bits per heavy atom. The average molecular weight is 181 g/mol. The highest BCUT2D eigenvalue weighted by molar-refractivity contribution is 5.87. The Morgan fingerprint density at radius 2 is 2.31 bits per heavy atom. The van der Waals surface area contributed by atoms with E-state index < -0.39 is 0 Å². The van der Waals surface area contributed by atoms with Crippen LogP contribution in [0.2, 0.25) is 0 Å². The van der Waals surface area contributed by atoms with E-state index in [1.54, 1.807) is 0 Å². The molecule has 0 aromatic heterocycles. The molecule has 1 atom stereocenters. The molecule has 13 heavy (non-hydrogen) atoms. The lowest BCUT2D eigenvalue weighted by Crippen LogP contribution is -2.40. The van der Waals surface area contributed by atoms with Crippen LogP contribution < -0.4 is 0 Å². The highest BCUT2D eigenvalue weighted by atomic mass is 16.2. The molecule has 0 bridgehead atoms. The second-order valence-electron chi connectivity index (χ2n) is 4.13. The van der Waals surface area contributed by atoms with Crippen LogP contribution in [0.1, 0.15) is 26.7 Å². The van der Waals surface area contributed by atoms with E-state index in [0.29, 0.717) is 11.8 Å². The lowest BCUT2D eigenvalue weighted by molar-refractivity contribution is -0.128. The molecule has 0 spiro atoms. The second kappa shape index (κ2) is 4.45. The molecule has 1 aliphatic heterocycles. The van der Waals surface area contributed by atoms with Gasteiger partial charge in [0.15, 0.2) is 0 Å². The molecular formula is C11H19NO. The van der Waals surface area contributed by atoms with Gasteiger partial charge in [0.1, 0.15) is 0 Å². The van der Waals surface area contributed by atoms with Gasteiger partial charge in [-0.1, -0.05) is 20.4 Å². The number of hydrogen-bond donors (Lipinski definition) is 0. The van der Waals surface area contributed by atoms with Crippen molar-refractivity contribution in [2.24, 2.45) is 11.8 Å². The summed E-state index contributed by atoms with van der Waals surface area (Å²) < 4.78 is 0. The number of carbonyl (C=O) groups is 1. The van der Waals surface area contributed by atoms with Crippen molar-refractivity contribution in [2.75, 3.05) is 13.1 Å². The first-order chi connectivity index (χ1) is 6.15. The molecule has 0 aliphatic carbocycles. The highest BCUT2D eigenvalue weighted by Gasteiger charge is 2.23. The lowest BCUT2D eigenvalue weighted by Gasteiger charge is -2.34. The molecule has 1 rings (SSSR count). The van der Waals surface area contributed by atoms with Crippen molar-refractivity contribution in [2.45, 2.75) is 26.7 Å². The summed E-state index contributed by atoms with van der Waals surface area (Å²) in [4.78, 5) is 13.3. The number of rotatable bonds is 2. The van der Waals surface area contributed by atoms with Gasteiger partial charge < -0.3 is 4.90 Å². The zero-order valence-electron chi connectivity index (χ0n) is 8.62. The number of likely N-dealkylation sites (tertiary alicyclic amines) is 1. The Kier molecular flexibility index (Phi) is 3.52. The van der Waals surface area contributed by atoms with Crippen LogP contribution in [0.3, 0.4) is 0 Å².